The highest BCUT2D eigenvalue weighted by Gasteiger charge is 2.30. The lowest BCUT2D eigenvalue weighted by Crippen LogP contribution is -2.29. The van der Waals surface area contributed by atoms with Gasteiger partial charge in [0.25, 0.3) is 0 Å². The van der Waals surface area contributed by atoms with E-state index in [0.29, 0.717) is 11.6 Å². The molecule has 2 aromatic rings. The second-order valence-electron chi connectivity index (χ2n) is 5.63. The van der Waals surface area contributed by atoms with E-state index in [1.807, 2.05) is 23.7 Å². The van der Waals surface area contributed by atoms with Gasteiger partial charge in [-0.2, -0.15) is 0 Å². The molecule has 1 atom stereocenters. The molecule has 0 unspecified atom stereocenters. The van der Waals surface area contributed by atoms with E-state index in [1.54, 1.807) is 18.0 Å². The molecule has 0 spiro atoms. The number of carbonyl (C=O) groups excluding carboxylic acids is 1. The molecule has 2 aromatic heterocycles. The van der Waals surface area contributed by atoms with Gasteiger partial charge in [0.15, 0.2) is 11.0 Å². The summed E-state index contributed by atoms with van der Waals surface area (Å²) >= 11 is 6.41. The summed E-state index contributed by atoms with van der Waals surface area (Å²) < 4.78 is 0.940. The number of aromatic nitrogens is 1. The van der Waals surface area contributed by atoms with E-state index in [-0.39, 0.29) is 11.3 Å². The number of hydrogen-bond acceptors (Lipinski definition) is 6. The van der Waals surface area contributed by atoms with Crippen LogP contribution in [0.1, 0.15) is 34.1 Å². The minimum atomic E-state index is -0.354. The topological polar surface area (TPSA) is 68.3 Å². The van der Waals surface area contributed by atoms with Crippen molar-refractivity contribution in [3.63, 3.8) is 0 Å². The molecule has 0 saturated carbocycles. The summed E-state index contributed by atoms with van der Waals surface area (Å²) in [6, 6.07) is 3.88. The van der Waals surface area contributed by atoms with Crippen molar-refractivity contribution in [3.8, 4) is 0 Å². The predicted molar refractivity (Wildman–Crippen MR) is 100 cm³/mol. The molecule has 3 heterocycles. The molecule has 0 radical (unpaired) electrons. The first kappa shape index (κ1) is 16.7. The standard InChI is InChI=1S/C16H16BrN3OS2/c1-16(2-3-22-15(18)20-16)11-4-10(7-19-8-11)5-13(21)14-6-12(17)9-23-14/h4,6-9H,2-3,5H2,1H3,(H2,18,20)/t16-/m0/s1. The summed E-state index contributed by atoms with van der Waals surface area (Å²) in [6.07, 6.45) is 4.83. The number of halogens is 1. The maximum Gasteiger partial charge on any atom is 0.177 e. The number of aliphatic imine (C=N–C) groups is 1. The van der Waals surface area contributed by atoms with Gasteiger partial charge in [0.05, 0.1) is 10.4 Å². The third-order valence-electron chi connectivity index (χ3n) is 3.82. The Hall–Kier alpha value is -1.18. The summed E-state index contributed by atoms with van der Waals surface area (Å²) in [7, 11) is 0. The molecule has 1 aliphatic rings. The lowest BCUT2D eigenvalue weighted by molar-refractivity contribution is 0.0996. The van der Waals surface area contributed by atoms with Crippen LogP contribution in [0, 0.1) is 0 Å². The molecule has 0 fully saturated rings. The maximum absolute atomic E-state index is 12.4. The highest BCUT2D eigenvalue weighted by molar-refractivity contribution is 9.10. The maximum atomic E-state index is 12.4. The van der Waals surface area contributed by atoms with Crippen molar-refractivity contribution in [3.05, 3.63) is 50.4 Å². The summed E-state index contributed by atoms with van der Waals surface area (Å²) in [5.41, 5.74) is 7.45. The zero-order valence-electron chi connectivity index (χ0n) is 12.6. The Morgan fingerprint density at radius 3 is 2.96 bits per heavy atom. The average Bonchev–Trinajstić information content (AvgIpc) is 2.94. The SMILES string of the molecule is C[C@@]1(c2cncc(CC(=O)c3cc(Br)cs3)c2)CCSC(N)=N1. The number of nitrogens with zero attached hydrogens (tertiary/aromatic N) is 2. The first-order chi connectivity index (χ1) is 11.0. The molecule has 0 aliphatic carbocycles. The zero-order chi connectivity index (χ0) is 16.4. The van der Waals surface area contributed by atoms with Crippen molar-refractivity contribution < 1.29 is 4.79 Å². The van der Waals surface area contributed by atoms with Crippen molar-refractivity contribution >= 4 is 50.0 Å². The van der Waals surface area contributed by atoms with Crippen molar-refractivity contribution in [2.75, 3.05) is 5.75 Å². The van der Waals surface area contributed by atoms with Crippen LogP contribution in [-0.4, -0.2) is 21.7 Å². The number of amidine groups is 1. The van der Waals surface area contributed by atoms with Crippen molar-refractivity contribution in [2.45, 2.75) is 25.3 Å². The molecule has 3 rings (SSSR count). The summed E-state index contributed by atoms with van der Waals surface area (Å²) in [5.74, 6) is 1.05. The minimum absolute atomic E-state index is 0.104. The van der Waals surface area contributed by atoms with Crippen LogP contribution in [0.15, 0.2) is 39.4 Å². The highest BCUT2D eigenvalue weighted by atomic mass is 79.9. The Morgan fingerprint density at radius 2 is 2.26 bits per heavy atom. The second-order valence-corrected chi connectivity index (χ2v) is 8.58. The molecule has 0 bridgehead atoms. The van der Waals surface area contributed by atoms with Crippen molar-refractivity contribution in [1.82, 2.24) is 4.98 Å². The van der Waals surface area contributed by atoms with Gasteiger partial charge < -0.3 is 5.73 Å². The zero-order valence-corrected chi connectivity index (χ0v) is 15.8. The molecule has 23 heavy (non-hydrogen) atoms. The van der Waals surface area contributed by atoms with E-state index in [0.717, 1.165) is 32.7 Å². The second kappa shape index (κ2) is 6.75. The number of rotatable bonds is 4. The van der Waals surface area contributed by atoms with E-state index in [4.69, 9.17) is 5.73 Å². The molecule has 0 amide bonds. The number of carbonyl (C=O) groups is 1. The first-order valence-corrected chi connectivity index (χ1v) is 9.82. The Labute approximate surface area is 151 Å². The largest absolute Gasteiger partial charge is 0.379 e. The van der Waals surface area contributed by atoms with Crippen LogP contribution in [0.4, 0.5) is 0 Å². The number of hydrogen-bond donors (Lipinski definition) is 1. The first-order valence-electron chi connectivity index (χ1n) is 7.16. The molecular formula is C16H16BrN3OS2. The van der Waals surface area contributed by atoms with Crippen LogP contribution in [0.25, 0.3) is 0 Å². The van der Waals surface area contributed by atoms with E-state index < -0.39 is 0 Å². The van der Waals surface area contributed by atoms with Crippen molar-refractivity contribution in [1.29, 1.82) is 0 Å². The van der Waals surface area contributed by atoms with Crippen molar-refractivity contribution in [2.24, 2.45) is 10.7 Å². The predicted octanol–water partition coefficient (Wildman–Crippen LogP) is 4.00. The molecule has 4 nitrogen and oxygen atoms in total. The smallest absolute Gasteiger partial charge is 0.177 e. The molecule has 1 aliphatic heterocycles. The normalized spacial score (nSPS) is 21.0. The Bertz CT molecular complexity index is 774. The van der Waals surface area contributed by atoms with Crippen LogP contribution >= 0.6 is 39.0 Å². The summed E-state index contributed by atoms with van der Waals surface area (Å²) in [6.45, 7) is 2.07. The number of ketones is 1. The van der Waals surface area contributed by atoms with Gasteiger partial charge in [-0.25, -0.2) is 0 Å². The van der Waals surface area contributed by atoms with E-state index in [9.17, 15) is 4.79 Å². The Balaban J connectivity index is 1.83. The summed E-state index contributed by atoms with van der Waals surface area (Å²) in [4.78, 5) is 22.0. The van der Waals surface area contributed by atoms with Crippen LogP contribution in [0.2, 0.25) is 0 Å². The molecule has 2 N–H and O–H groups in total. The number of pyridine rings is 1. The third kappa shape index (κ3) is 3.84. The van der Waals surface area contributed by atoms with Gasteiger partial charge in [-0.05, 0) is 52.5 Å². The number of nitrogens with two attached hydrogens (primary N) is 1. The average molecular weight is 410 g/mol. The number of Topliss-reactive ketones (excluding diaryl/α,β-unsaturated/α-hetero) is 1. The minimum Gasteiger partial charge on any atom is -0.379 e. The van der Waals surface area contributed by atoms with Gasteiger partial charge in [-0.3, -0.25) is 14.8 Å². The molecular weight excluding hydrogens is 394 g/mol. The quantitative estimate of drug-likeness (QED) is 0.774. The van der Waals surface area contributed by atoms with Crippen LogP contribution < -0.4 is 5.73 Å². The van der Waals surface area contributed by atoms with Crippen LogP contribution in [-0.2, 0) is 12.0 Å². The fourth-order valence-corrected chi connectivity index (χ4v) is 4.85. The van der Waals surface area contributed by atoms with Gasteiger partial charge in [0.2, 0.25) is 0 Å². The van der Waals surface area contributed by atoms with Gasteiger partial charge in [0.1, 0.15) is 0 Å². The Kier molecular flexibility index (Phi) is 4.89. The van der Waals surface area contributed by atoms with E-state index in [2.05, 4.69) is 32.8 Å². The van der Waals surface area contributed by atoms with Crippen LogP contribution in [0.5, 0.6) is 0 Å². The third-order valence-corrected chi connectivity index (χ3v) is 6.35. The molecule has 7 heteroatoms. The lowest BCUT2D eigenvalue weighted by Gasteiger charge is -2.29. The molecule has 0 saturated heterocycles. The van der Waals surface area contributed by atoms with E-state index in [1.165, 1.54) is 11.3 Å². The van der Waals surface area contributed by atoms with Crippen LogP contribution in [0.3, 0.4) is 0 Å². The highest BCUT2D eigenvalue weighted by Crippen LogP contribution is 2.35. The number of thioether (sulfide) groups is 1. The fourth-order valence-electron chi connectivity index (χ4n) is 2.51. The van der Waals surface area contributed by atoms with Gasteiger partial charge in [0, 0.05) is 34.4 Å². The lowest BCUT2D eigenvalue weighted by atomic mass is 9.90. The summed E-state index contributed by atoms with van der Waals surface area (Å²) in [5, 5.41) is 2.53. The fraction of sp³-hybridized carbons (Fsp3) is 0.312. The van der Waals surface area contributed by atoms with Gasteiger partial charge >= 0.3 is 0 Å². The number of thiophene rings is 1. The van der Waals surface area contributed by atoms with Gasteiger partial charge in [-0.15, -0.1) is 11.3 Å². The monoisotopic (exact) mass is 409 g/mol. The van der Waals surface area contributed by atoms with Gasteiger partial charge in [-0.1, -0.05) is 11.8 Å². The Morgan fingerprint density at radius 1 is 1.43 bits per heavy atom. The molecule has 0 aromatic carbocycles. The van der Waals surface area contributed by atoms with E-state index >= 15 is 0 Å². The molecule has 120 valence electrons.